The topological polar surface area (TPSA) is 28.2 Å². The maximum Gasteiger partial charge on any atom is 0.417 e. The van der Waals surface area contributed by atoms with Gasteiger partial charge in [-0.3, -0.25) is 0 Å². The van der Waals surface area contributed by atoms with Crippen LogP contribution in [0.1, 0.15) is 11.1 Å². The second kappa shape index (κ2) is 5.37. The van der Waals surface area contributed by atoms with Crippen molar-refractivity contribution < 1.29 is 13.2 Å². The van der Waals surface area contributed by atoms with Crippen molar-refractivity contribution in [2.45, 2.75) is 12.7 Å². The van der Waals surface area contributed by atoms with Crippen LogP contribution in [0, 0.1) is 0 Å². The van der Waals surface area contributed by atoms with Crippen molar-refractivity contribution in [2.75, 3.05) is 18.0 Å². The quantitative estimate of drug-likeness (QED) is 0.874. The molecule has 0 amide bonds. The molecule has 0 aliphatic carbocycles. The summed E-state index contributed by atoms with van der Waals surface area (Å²) in [6, 6.07) is 10.3. The monoisotopic (exact) mass is 293 g/mol. The normalized spacial score (nSPS) is 15.5. The van der Waals surface area contributed by atoms with Gasteiger partial charge in [-0.05, 0) is 23.8 Å². The Morgan fingerprint density at radius 1 is 1.10 bits per heavy atom. The third kappa shape index (κ3) is 2.85. The van der Waals surface area contributed by atoms with Gasteiger partial charge in [-0.15, -0.1) is 0 Å². The van der Waals surface area contributed by atoms with Crippen molar-refractivity contribution in [1.82, 2.24) is 10.3 Å². The highest BCUT2D eigenvalue weighted by atomic mass is 19.4. The summed E-state index contributed by atoms with van der Waals surface area (Å²) in [6.07, 6.45) is -3.47. The van der Waals surface area contributed by atoms with Crippen LogP contribution in [-0.4, -0.2) is 18.1 Å². The number of hydrogen-bond acceptors (Lipinski definition) is 3. The molecule has 0 spiro atoms. The Morgan fingerprint density at radius 2 is 1.90 bits per heavy atom. The Morgan fingerprint density at radius 3 is 2.62 bits per heavy atom. The molecule has 0 unspecified atom stereocenters. The maximum absolute atomic E-state index is 12.6. The molecule has 2 aromatic rings. The van der Waals surface area contributed by atoms with Crippen LogP contribution in [0.25, 0.3) is 0 Å². The van der Waals surface area contributed by atoms with Gasteiger partial charge in [-0.2, -0.15) is 13.2 Å². The number of pyridine rings is 1. The molecule has 6 heteroatoms. The van der Waals surface area contributed by atoms with E-state index in [4.69, 9.17) is 0 Å². The minimum Gasteiger partial charge on any atom is -0.325 e. The molecular formula is C15H14F3N3. The van der Waals surface area contributed by atoms with Gasteiger partial charge >= 0.3 is 6.18 Å². The third-order valence-electron chi connectivity index (χ3n) is 3.46. The summed E-state index contributed by atoms with van der Waals surface area (Å²) >= 11 is 0. The van der Waals surface area contributed by atoms with Gasteiger partial charge in [0.2, 0.25) is 0 Å². The van der Waals surface area contributed by atoms with E-state index in [1.165, 1.54) is 6.07 Å². The average Bonchev–Trinajstić information content (AvgIpc) is 2.69. The number of alkyl halides is 3. The fourth-order valence-corrected chi connectivity index (χ4v) is 2.41. The molecule has 3 nitrogen and oxygen atoms in total. The van der Waals surface area contributed by atoms with Crippen LogP contribution < -0.4 is 10.2 Å². The lowest BCUT2D eigenvalue weighted by Crippen LogP contribution is -2.25. The van der Waals surface area contributed by atoms with Crippen LogP contribution in [0.15, 0.2) is 42.6 Å². The van der Waals surface area contributed by atoms with Crippen molar-refractivity contribution in [1.29, 1.82) is 0 Å². The number of rotatable bonds is 1. The maximum atomic E-state index is 12.6. The summed E-state index contributed by atoms with van der Waals surface area (Å²) < 4.78 is 37.8. The fourth-order valence-electron chi connectivity index (χ4n) is 2.41. The van der Waals surface area contributed by atoms with Crippen LogP contribution in [0.3, 0.4) is 0 Å². The average molecular weight is 293 g/mol. The fraction of sp³-hybridized carbons (Fsp3) is 0.267. The first-order valence-corrected chi connectivity index (χ1v) is 6.65. The smallest absolute Gasteiger partial charge is 0.325 e. The zero-order chi connectivity index (χ0) is 14.9. The van der Waals surface area contributed by atoms with Gasteiger partial charge in [0.05, 0.1) is 5.56 Å². The molecule has 21 heavy (non-hydrogen) atoms. The molecule has 0 bridgehead atoms. The number of fused-ring (bicyclic) bond motifs is 1. The van der Waals surface area contributed by atoms with E-state index in [9.17, 15) is 13.2 Å². The molecule has 110 valence electrons. The first-order chi connectivity index (χ1) is 10.1. The summed E-state index contributed by atoms with van der Waals surface area (Å²) in [5.74, 6) is 0.527. The van der Waals surface area contributed by atoms with Crippen LogP contribution in [0.5, 0.6) is 0 Å². The van der Waals surface area contributed by atoms with Crippen LogP contribution in [-0.2, 0) is 12.7 Å². The van der Waals surface area contributed by atoms with Gasteiger partial charge in [0.25, 0.3) is 0 Å². The number of halogens is 3. The number of anilines is 2. The first kappa shape index (κ1) is 13.9. The number of para-hydroxylation sites is 1. The highest BCUT2D eigenvalue weighted by Crippen LogP contribution is 2.32. The number of hydrogen-bond donors (Lipinski definition) is 1. The van der Waals surface area contributed by atoms with Crippen LogP contribution >= 0.6 is 0 Å². The molecule has 0 saturated carbocycles. The molecule has 1 aliphatic heterocycles. The molecule has 1 aromatic heterocycles. The van der Waals surface area contributed by atoms with Gasteiger partial charge in [-0.25, -0.2) is 4.98 Å². The summed E-state index contributed by atoms with van der Waals surface area (Å²) in [7, 11) is 0. The number of benzene rings is 1. The van der Waals surface area contributed by atoms with Crippen molar-refractivity contribution in [2.24, 2.45) is 0 Å². The van der Waals surface area contributed by atoms with E-state index in [0.29, 0.717) is 12.4 Å². The van der Waals surface area contributed by atoms with E-state index in [-0.39, 0.29) is 0 Å². The largest absolute Gasteiger partial charge is 0.417 e. The highest BCUT2D eigenvalue weighted by Gasteiger charge is 2.31. The molecule has 3 rings (SSSR count). The molecule has 1 aromatic carbocycles. The van der Waals surface area contributed by atoms with E-state index in [2.05, 4.69) is 10.3 Å². The summed E-state index contributed by atoms with van der Waals surface area (Å²) in [5.41, 5.74) is 1.36. The lowest BCUT2D eigenvalue weighted by Gasteiger charge is -2.23. The molecular weight excluding hydrogens is 279 g/mol. The Hall–Kier alpha value is -2.08. The molecule has 1 aliphatic rings. The van der Waals surface area contributed by atoms with Gasteiger partial charge in [-0.1, -0.05) is 18.2 Å². The van der Waals surface area contributed by atoms with E-state index in [1.807, 2.05) is 29.2 Å². The van der Waals surface area contributed by atoms with E-state index in [0.717, 1.165) is 36.6 Å². The minimum atomic E-state index is -4.36. The second-order valence-electron chi connectivity index (χ2n) is 4.86. The highest BCUT2D eigenvalue weighted by molar-refractivity contribution is 5.64. The number of nitrogens with zero attached hydrogens (tertiary/aromatic N) is 2. The zero-order valence-corrected chi connectivity index (χ0v) is 11.2. The first-order valence-electron chi connectivity index (χ1n) is 6.65. The second-order valence-corrected chi connectivity index (χ2v) is 4.86. The summed E-state index contributed by atoms with van der Waals surface area (Å²) in [5, 5.41) is 3.29. The number of aromatic nitrogens is 1. The van der Waals surface area contributed by atoms with Crippen LogP contribution in [0.2, 0.25) is 0 Å². The molecule has 2 heterocycles. The van der Waals surface area contributed by atoms with Crippen molar-refractivity contribution >= 4 is 11.5 Å². The summed E-state index contributed by atoms with van der Waals surface area (Å²) in [4.78, 5) is 5.93. The molecule has 0 radical (unpaired) electrons. The molecule has 0 fully saturated rings. The van der Waals surface area contributed by atoms with E-state index in [1.54, 1.807) is 0 Å². The Labute approximate surface area is 120 Å². The van der Waals surface area contributed by atoms with Gasteiger partial charge in [0.15, 0.2) is 0 Å². The number of nitrogens with one attached hydrogen (secondary N) is 1. The predicted octanol–water partition coefficient (Wildman–Crippen LogP) is 3.34. The van der Waals surface area contributed by atoms with Gasteiger partial charge < -0.3 is 10.2 Å². The predicted molar refractivity (Wildman–Crippen MR) is 74.4 cm³/mol. The Bertz CT molecular complexity index is 623. The lowest BCUT2D eigenvalue weighted by molar-refractivity contribution is -0.137. The van der Waals surface area contributed by atoms with Gasteiger partial charge in [0, 0.05) is 31.5 Å². The van der Waals surface area contributed by atoms with Crippen LogP contribution in [0.4, 0.5) is 24.7 Å². The van der Waals surface area contributed by atoms with Crippen molar-refractivity contribution in [3.8, 4) is 0 Å². The Kier molecular flexibility index (Phi) is 3.55. The standard InChI is InChI=1S/C15H14F3N3/c16-15(17,18)12-5-6-14(20-10-12)21-8-7-19-9-11-3-1-2-4-13(11)21/h1-6,10,19H,7-9H2. The van der Waals surface area contributed by atoms with E-state index >= 15 is 0 Å². The van der Waals surface area contributed by atoms with E-state index < -0.39 is 11.7 Å². The van der Waals surface area contributed by atoms with Crippen molar-refractivity contribution in [3.63, 3.8) is 0 Å². The molecule has 0 atom stereocenters. The zero-order valence-electron chi connectivity index (χ0n) is 11.2. The van der Waals surface area contributed by atoms with Gasteiger partial charge in [0.1, 0.15) is 5.82 Å². The lowest BCUT2D eigenvalue weighted by atomic mass is 10.1. The Balaban J connectivity index is 1.96. The van der Waals surface area contributed by atoms with Crippen molar-refractivity contribution in [3.05, 3.63) is 53.7 Å². The molecule has 0 saturated heterocycles. The molecule has 1 N–H and O–H groups in total. The SMILES string of the molecule is FC(F)(F)c1ccc(N2CCNCc3ccccc32)nc1. The summed E-state index contributed by atoms with van der Waals surface area (Å²) in [6.45, 7) is 2.15. The third-order valence-corrected chi connectivity index (χ3v) is 3.46. The minimum absolute atomic E-state index is 0.527.